The van der Waals surface area contributed by atoms with Crippen LogP contribution in [0.1, 0.15) is 27.2 Å². The normalized spacial score (nSPS) is 17.5. The molecule has 1 N–H and O–H groups in total. The van der Waals surface area contributed by atoms with Gasteiger partial charge in [-0.3, -0.25) is 4.90 Å². The highest BCUT2D eigenvalue weighted by Gasteiger charge is 2.17. The first kappa shape index (κ1) is 16.7. The zero-order chi connectivity index (χ0) is 15.0. The van der Waals surface area contributed by atoms with E-state index in [0.29, 0.717) is 13.1 Å². The Morgan fingerprint density at radius 2 is 1.85 bits per heavy atom. The summed E-state index contributed by atoms with van der Waals surface area (Å²) < 4.78 is 5.17. The average molecular weight is 282 g/mol. The molecule has 0 aromatic rings. The van der Waals surface area contributed by atoms with Crippen LogP contribution in [0.25, 0.3) is 0 Å². The lowest BCUT2D eigenvalue weighted by Gasteiger charge is -2.33. The van der Waals surface area contributed by atoms with Gasteiger partial charge in [0.15, 0.2) is 0 Å². The first-order valence-corrected chi connectivity index (χ1v) is 7.19. The van der Waals surface area contributed by atoms with E-state index >= 15 is 0 Å². The molecule has 0 radical (unpaired) electrons. The molecule has 0 spiro atoms. The lowest BCUT2D eigenvalue weighted by Crippen LogP contribution is -2.47. The highest BCUT2D eigenvalue weighted by Crippen LogP contribution is 2.06. The summed E-state index contributed by atoms with van der Waals surface area (Å²) in [5.74, 6) is 0. The van der Waals surface area contributed by atoms with Crippen LogP contribution in [-0.4, -0.2) is 67.3 Å². The number of ether oxygens (including phenoxy) is 1. The monoisotopic (exact) mass is 282 g/mol. The summed E-state index contributed by atoms with van der Waals surface area (Å²) in [5, 5.41) is 11.4. The van der Waals surface area contributed by atoms with Crippen LogP contribution in [0.5, 0.6) is 0 Å². The summed E-state index contributed by atoms with van der Waals surface area (Å²) in [4.78, 5) is 16.0. The summed E-state index contributed by atoms with van der Waals surface area (Å²) in [6, 6.07) is 2.18. The van der Waals surface area contributed by atoms with Crippen molar-refractivity contribution < 1.29 is 9.53 Å². The number of piperazine rings is 1. The van der Waals surface area contributed by atoms with E-state index in [1.807, 2.05) is 20.8 Å². The van der Waals surface area contributed by atoms with Crippen LogP contribution in [-0.2, 0) is 4.74 Å². The van der Waals surface area contributed by atoms with E-state index in [1.54, 1.807) is 0 Å². The van der Waals surface area contributed by atoms with Crippen molar-refractivity contribution in [3.8, 4) is 6.07 Å². The van der Waals surface area contributed by atoms with Crippen molar-refractivity contribution in [2.24, 2.45) is 0 Å². The molecule has 1 rings (SSSR count). The Hall–Kier alpha value is -1.32. The topological polar surface area (TPSA) is 68.6 Å². The van der Waals surface area contributed by atoms with Crippen LogP contribution >= 0.6 is 0 Å². The van der Waals surface area contributed by atoms with Crippen molar-refractivity contribution in [1.82, 2.24) is 15.1 Å². The van der Waals surface area contributed by atoms with Gasteiger partial charge in [0.05, 0.1) is 12.6 Å². The number of alkyl carbamates (subject to hydrolysis) is 1. The maximum Gasteiger partial charge on any atom is 0.407 e. The molecule has 0 aromatic heterocycles. The van der Waals surface area contributed by atoms with Crippen molar-refractivity contribution in [3.63, 3.8) is 0 Å². The summed E-state index contributed by atoms with van der Waals surface area (Å²) in [7, 11) is 0. The maximum absolute atomic E-state index is 11.4. The standard InChI is InChI=1S/C14H26N4O2/c1-14(2,3)20-13(19)16-6-4-7-17-9-11-18(8-5-15)12-10-17/h4,6-12H2,1-3H3,(H,16,19). The van der Waals surface area contributed by atoms with Gasteiger partial charge in [-0.1, -0.05) is 0 Å². The van der Waals surface area contributed by atoms with E-state index in [0.717, 1.165) is 39.1 Å². The lowest BCUT2D eigenvalue weighted by atomic mass is 10.2. The van der Waals surface area contributed by atoms with Crippen molar-refractivity contribution in [2.75, 3.05) is 45.8 Å². The molecular formula is C14H26N4O2. The van der Waals surface area contributed by atoms with Crippen LogP contribution in [0.2, 0.25) is 0 Å². The molecule has 1 heterocycles. The maximum atomic E-state index is 11.4. The minimum atomic E-state index is -0.443. The zero-order valence-corrected chi connectivity index (χ0v) is 12.8. The summed E-state index contributed by atoms with van der Waals surface area (Å²) in [6.07, 6.45) is 0.564. The first-order valence-electron chi connectivity index (χ1n) is 7.19. The molecule has 114 valence electrons. The molecule has 1 aliphatic heterocycles. The predicted octanol–water partition coefficient (Wildman–Crippen LogP) is 1.04. The number of nitriles is 1. The smallest absolute Gasteiger partial charge is 0.407 e. The van der Waals surface area contributed by atoms with Gasteiger partial charge in [0, 0.05) is 32.7 Å². The van der Waals surface area contributed by atoms with Gasteiger partial charge >= 0.3 is 6.09 Å². The average Bonchev–Trinajstić information content (AvgIpc) is 2.35. The van der Waals surface area contributed by atoms with E-state index < -0.39 is 5.60 Å². The molecule has 0 aromatic carbocycles. The summed E-state index contributed by atoms with van der Waals surface area (Å²) >= 11 is 0. The van der Waals surface area contributed by atoms with Gasteiger partial charge in [-0.05, 0) is 33.7 Å². The molecule has 0 saturated carbocycles. The Morgan fingerprint density at radius 3 is 2.40 bits per heavy atom. The second-order valence-corrected chi connectivity index (χ2v) is 6.06. The predicted molar refractivity (Wildman–Crippen MR) is 77.3 cm³/mol. The fourth-order valence-corrected chi connectivity index (χ4v) is 2.08. The second kappa shape index (κ2) is 8.08. The summed E-state index contributed by atoms with van der Waals surface area (Å²) in [5.41, 5.74) is -0.443. The quantitative estimate of drug-likeness (QED) is 0.603. The molecule has 1 fully saturated rings. The third-order valence-corrected chi connectivity index (χ3v) is 3.08. The van der Waals surface area contributed by atoms with Crippen molar-refractivity contribution in [3.05, 3.63) is 0 Å². The van der Waals surface area contributed by atoms with Crippen LogP contribution in [0, 0.1) is 11.3 Å². The number of nitrogens with one attached hydrogen (secondary N) is 1. The second-order valence-electron chi connectivity index (χ2n) is 6.06. The fraction of sp³-hybridized carbons (Fsp3) is 0.857. The van der Waals surface area contributed by atoms with Crippen LogP contribution in [0.4, 0.5) is 4.79 Å². The Bertz CT molecular complexity index is 338. The van der Waals surface area contributed by atoms with Crippen LogP contribution in [0.15, 0.2) is 0 Å². The highest BCUT2D eigenvalue weighted by molar-refractivity contribution is 5.67. The van der Waals surface area contributed by atoms with Crippen molar-refractivity contribution >= 4 is 6.09 Å². The first-order chi connectivity index (χ1) is 9.40. The third-order valence-electron chi connectivity index (χ3n) is 3.08. The van der Waals surface area contributed by atoms with Gasteiger partial charge in [0.1, 0.15) is 5.60 Å². The van der Waals surface area contributed by atoms with E-state index in [2.05, 4.69) is 21.2 Å². The SMILES string of the molecule is CC(C)(C)OC(=O)NCCCN1CCN(CC#N)CC1. The number of carbonyl (C=O) groups is 1. The van der Waals surface area contributed by atoms with Crippen molar-refractivity contribution in [2.45, 2.75) is 32.8 Å². The Kier molecular flexibility index (Phi) is 6.76. The largest absolute Gasteiger partial charge is 0.444 e. The Labute approximate surface area is 121 Å². The number of carbonyl (C=O) groups excluding carboxylic acids is 1. The van der Waals surface area contributed by atoms with Gasteiger partial charge in [-0.25, -0.2) is 4.79 Å². The molecule has 1 aliphatic rings. The molecule has 0 aliphatic carbocycles. The van der Waals surface area contributed by atoms with E-state index in [4.69, 9.17) is 10.00 Å². The third kappa shape index (κ3) is 7.31. The lowest BCUT2D eigenvalue weighted by molar-refractivity contribution is 0.0524. The summed E-state index contributed by atoms with van der Waals surface area (Å²) in [6.45, 7) is 11.6. The molecule has 20 heavy (non-hydrogen) atoms. The Balaban J connectivity index is 2.05. The molecule has 6 heteroatoms. The molecule has 0 atom stereocenters. The van der Waals surface area contributed by atoms with E-state index in [9.17, 15) is 4.79 Å². The number of hydrogen-bond acceptors (Lipinski definition) is 5. The molecule has 6 nitrogen and oxygen atoms in total. The van der Waals surface area contributed by atoms with Gasteiger partial charge in [0.2, 0.25) is 0 Å². The van der Waals surface area contributed by atoms with Crippen molar-refractivity contribution in [1.29, 1.82) is 5.26 Å². The van der Waals surface area contributed by atoms with Gasteiger partial charge in [0.25, 0.3) is 0 Å². The molecule has 0 bridgehead atoms. The highest BCUT2D eigenvalue weighted by atomic mass is 16.6. The van der Waals surface area contributed by atoms with Gasteiger partial charge in [-0.2, -0.15) is 5.26 Å². The van der Waals surface area contributed by atoms with E-state index in [-0.39, 0.29) is 6.09 Å². The fourth-order valence-electron chi connectivity index (χ4n) is 2.08. The Morgan fingerprint density at radius 1 is 1.25 bits per heavy atom. The molecule has 1 amide bonds. The number of hydrogen-bond donors (Lipinski definition) is 1. The minimum absolute atomic E-state index is 0.351. The van der Waals surface area contributed by atoms with Crippen LogP contribution < -0.4 is 5.32 Å². The zero-order valence-electron chi connectivity index (χ0n) is 12.8. The van der Waals surface area contributed by atoms with Gasteiger partial charge in [-0.15, -0.1) is 0 Å². The molecule has 1 saturated heterocycles. The molecular weight excluding hydrogens is 256 g/mol. The van der Waals surface area contributed by atoms with Crippen LogP contribution in [0.3, 0.4) is 0 Å². The minimum Gasteiger partial charge on any atom is -0.444 e. The number of amides is 1. The van der Waals surface area contributed by atoms with Gasteiger partial charge < -0.3 is 15.0 Å². The number of rotatable bonds is 5. The van der Waals surface area contributed by atoms with E-state index in [1.165, 1.54) is 0 Å². The molecule has 0 unspecified atom stereocenters. The number of nitrogens with zero attached hydrogens (tertiary/aromatic N) is 3.